The second kappa shape index (κ2) is 3.73. The van der Waals surface area contributed by atoms with E-state index in [0.717, 1.165) is 22.6 Å². The molecule has 2 aromatic rings. The fourth-order valence-electron chi connectivity index (χ4n) is 1.61. The Morgan fingerprint density at radius 2 is 1.87 bits per heavy atom. The predicted octanol–water partition coefficient (Wildman–Crippen LogP) is 2.85. The lowest BCUT2D eigenvalue weighted by Gasteiger charge is -2.06. The third-order valence-corrected chi connectivity index (χ3v) is 2.58. The lowest BCUT2D eigenvalue weighted by atomic mass is 9.99. The highest BCUT2D eigenvalue weighted by Gasteiger charge is 2.04. The molecule has 1 atom stereocenters. The van der Waals surface area contributed by atoms with Gasteiger partial charge in [-0.3, -0.25) is 0 Å². The van der Waals surface area contributed by atoms with Crippen molar-refractivity contribution in [2.45, 2.75) is 12.8 Å². The molecule has 0 aromatic heterocycles. The van der Waals surface area contributed by atoms with Crippen LogP contribution in [-0.4, -0.2) is 11.4 Å². The van der Waals surface area contributed by atoms with Gasteiger partial charge in [0.15, 0.2) is 0 Å². The van der Waals surface area contributed by atoms with Gasteiger partial charge in [0, 0.05) is 5.92 Å². The summed E-state index contributed by atoms with van der Waals surface area (Å²) in [7, 11) is 0. The van der Waals surface area contributed by atoms with E-state index in [4.69, 9.17) is 0 Å². The number of phenolic OH excluding ortho intramolecular Hbond substituents is 1. The number of aromatic hydroxyl groups is 1. The van der Waals surface area contributed by atoms with Gasteiger partial charge in [0.05, 0.1) is 0 Å². The van der Waals surface area contributed by atoms with Crippen LogP contribution < -0.4 is 0 Å². The van der Waals surface area contributed by atoms with Crippen LogP contribution in [0.1, 0.15) is 18.4 Å². The molecule has 0 saturated heterocycles. The molecule has 0 spiro atoms. The Labute approximate surface area is 88.2 Å². The number of hydrogen-bond acceptors (Lipinski definition) is 2. The largest absolute Gasteiger partial charge is 0.508 e. The van der Waals surface area contributed by atoms with Crippen LogP contribution in [-0.2, 0) is 4.79 Å². The standard InChI is InChI=1S/C13H12O2/c1-9(8-14)11-3-2-10-4-5-13(15)7-12(10)6-11/h2-9,15H,1H3. The monoisotopic (exact) mass is 200 g/mol. The van der Waals surface area contributed by atoms with Gasteiger partial charge in [-0.05, 0) is 28.5 Å². The molecule has 0 radical (unpaired) electrons. The number of carbonyl (C=O) groups is 1. The Morgan fingerprint density at radius 1 is 1.13 bits per heavy atom. The van der Waals surface area contributed by atoms with E-state index < -0.39 is 0 Å². The average molecular weight is 200 g/mol. The zero-order valence-electron chi connectivity index (χ0n) is 8.47. The van der Waals surface area contributed by atoms with Crippen LogP contribution in [0.15, 0.2) is 36.4 Å². The summed E-state index contributed by atoms with van der Waals surface area (Å²) in [6.07, 6.45) is 0.921. The van der Waals surface area contributed by atoms with Crippen LogP contribution in [0.4, 0.5) is 0 Å². The van der Waals surface area contributed by atoms with Crippen LogP contribution >= 0.6 is 0 Å². The minimum absolute atomic E-state index is 0.100. The minimum Gasteiger partial charge on any atom is -0.508 e. The SMILES string of the molecule is CC(C=O)c1ccc2ccc(O)cc2c1. The molecule has 0 fully saturated rings. The molecule has 0 heterocycles. The van der Waals surface area contributed by atoms with Gasteiger partial charge in [-0.2, -0.15) is 0 Å². The van der Waals surface area contributed by atoms with Crippen molar-refractivity contribution in [2.24, 2.45) is 0 Å². The molecule has 0 bridgehead atoms. The second-order valence-electron chi connectivity index (χ2n) is 3.72. The van der Waals surface area contributed by atoms with E-state index >= 15 is 0 Å². The van der Waals surface area contributed by atoms with Gasteiger partial charge in [-0.25, -0.2) is 0 Å². The maximum absolute atomic E-state index is 10.7. The molecule has 2 nitrogen and oxygen atoms in total. The summed E-state index contributed by atoms with van der Waals surface area (Å²) in [5, 5.41) is 11.4. The number of fused-ring (bicyclic) bond motifs is 1. The van der Waals surface area contributed by atoms with Crippen molar-refractivity contribution in [1.29, 1.82) is 0 Å². The van der Waals surface area contributed by atoms with Crippen molar-refractivity contribution >= 4 is 17.1 Å². The van der Waals surface area contributed by atoms with E-state index in [-0.39, 0.29) is 11.7 Å². The summed E-state index contributed by atoms with van der Waals surface area (Å²) in [5.41, 5.74) is 0.975. The molecule has 0 aliphatic rings. The highest BCUT2D eigenvalue weighted by Crippen LogP contribution is 2.23. The molecule has 1 unspecified atom stereocenters. The molecular formula is C13H12O2. The first-order chi connectivity index (χ1) is 7.20. The van der Waals surface area contributed by atoms with Crippen molar-refractivity contribution in [3.05, 3.63) is 42.0 Å². The van der Waals surface area contributed by atoms with Gasteiger partial charge in [0.2, 0.25) is 0 Å². The second-order valence-corrected chi connectivity index (χ2v) is 3.72. The average Bonchev–Trinajstić information content (AvgIpc) is 2.27. The van der Waals surface area contributed by atoms with E-state index in [1.54, 1.807) is 12.1 Å². The van der Waals surface area contributed by atoms with E-state index in [1.165, 1.54) is 0 Å². The molecule has 76 valence electrons. The first-order valence-corrected chi connectivity index (χ1v) is 4.88. The fourth-order valence-corrected chi connectivity index (χ4v) is 1.61. The molecule has 2 heteroatoms. The Balaban J connectivity index is 2.58. The number of rotatable bonds is 2. The van der Waals surface area contributed by atoms with Gasteiger partial charge in [0.25, 0.3) is 0 Å². The zero-order chi connectivity index (χ0) is 10.8. The normalized spacial score (nSPS) is 12.6. The predicted molar refractivity (Wildman–Crippen MR) is 60.1 cm³/mol. The molecule has 0 aliphatic carbocycles. The van der Waals surface area contributed by atoms with Crippen LogP contribution in [0.25, 0.3) is 10.8 Å². The van der Waals surface area contributed by atoms with Crippen molar-refractivity contribution in [1.82, 2.24) is 0 Å². The highest BCUT2D eigenvalue weighted by atomic mass is 16.3. The first-order valence-electron chi connectivity index (χ1n) is 4.88. The molecule has 2 aromatic carbocycles. The zero-order valence-corrected chi connectivity index (χ0v) is 8.47. The Kier molecular flexibility index (Phi) is 2.42. The molecule has 15 heavy (non-hydrogen) atoms. The van der Waals surface area contributed by atoms with Crippen molar-refractivity contribution < 1.29 is 9.90 Å². The summed E-state index contributed by atoms with van der Waals surface area (Å²) in [6, 6.07) is 11.1. The van der Waals surface area contributed by atoms with Crippen molar-refractivity contribution in [2.75, 3.05) is 0 Å². The van der Waals surface area contributed by atoms with Gasteiger partial charge in [-0.15, -0.1) is 0 Å². The van der Waals surface area contributed by atoms with Gasteiger partial charge < -0.3 is 9.90 Å². The molecule has 1 N–H and O–H groups in total. The van der Waals surface area contributed by atoms with Crippen LogP contribution in [0.2, 0.25) is 0 Å². The van der Waals surface area contributed by atoms with Gasteiger partial charge in [0.1, 0.15) is 12.0 Å². The lowest BCUT2D eigenvalue weighted by molar-refractivity contribution is -0.108. The summed E-state index contributed by atoms with van der Waals surface area (Å²) < 4.78 is 0. The first kappa shape index (κ1) is 9.71. The van der Waals surface area contributed by atoms with E-state index in [2.05, 4.69) is 0 Å². The highest BCUT2D eigenvalue weighted by molar-refractivity contribution is 5.85. The van der Waals surface area contributed by atoms with Gasteiger partial charge >= 0.3 is 0 Å². The van der Waals surface area contributed by atoms with Gasteiger partial charge in [-0.1, -0.05) is 31.2 Å². The topological polar surface area (TPSA) is 37.3 Å². The maximum Gasteiger partial charge on any atom is 0.127 e. The molecule has 2 rings (SSSR count). The quantitative estimate of drug-likeness (QED) is 0.757. The lowest BCUT2D eigenvalue weighted by Crippen LogP contribution is -1.93. The van der Waals surface area contributed by atoms with Crippen molar-refractivity contribution in [3.63, 3.8) is 0 Å². The number of benzene rings is 2. The Bertz CT molecular complexity index is 503. The van der Waals surface area contributed by atoms with E-state index in [1.807, 2.05) is 31.2 Å². The third-order valence-electron chi connectivity index (χ3n) is 2.58. The smallest absolute Gasteiger partial charge is 0.127 e. The number of aldehydes is 1. The maximum atomic E-state index is 10.7. The Morgan fingerprint density at radius 3 is 2.60 bits per heavy atom. The van der Waals surface area contributed by atoms with Crippen LogP contribution in [0.5, 0.6) is 5.75 Å². The summed E-state index contributed by atoms with van der Waals surface area (Å²) in [6.45, 7) is 1.86. The molecule has 0 amide bonds. The Hall–Kier alpha value is -1.83. The fraction of sp³-hybridized carbons (Fsp3) is 0.154. The van der Waals surface area contributed by atoms with Crippen LogP contribution in [0.3, 0.4) is 0 Å². The van der Waals surface area contributed by atoms with E-state index in [9.17, 15) is 9.90 Å². The number of phenols is 1. The summed E-state index contributed by atoms with van der Waals surface area (Å²) in [4.78, 5) is 10.7. The molecule has 0 aliphatic heterocycles. The van der Waals surface area contributed by atoms with Crippen LogP contribution in [0, 0.1) is 0 Å². The molecule has 0 saturated carbocycles. The summed E-state index contributed by atoms with van der Waals surface area (Å²) >= 11 is 0. The van der Waals surface area contributed by atoms with E-state index in [0.29, 0.717) is 0 Å². The minimum atomic E-state index is -0.100. The summed E-state index contributed by atoms with van der Waals surface area (Å²) in [5.74, 6) is 0.148. The molecular weight excluding hydrogens is 188 g/mol. The number of carbonyl (C=O) groups excluding carboxylic acids is 1. The van der Waals surface area contributed by atoms with Crippen molar-refractivity contribution in [3.8, 4) is 5.75 Å². The third kappa shape index (κ3) is 1.84. The number of hydrogen-bond donors (Lipinski definition) is 1.